The average molecular weight is 283 g/mol. The van der Waals surface area contributed by atoms with E-state index >= 15 is 0 Å². The Morgan fingerprint density at radius 3 is 2.71 bits per heavy atom. The minimum Gasteiger partial charge on any atom is -0.447 e. The maximum Gasteiger partial charge on any atom is 0.415 e. The van der Waals surface area contributed by atoms with Gasteiger partial charge in [-0.15, -0.1) is 5.73 Å². The van der Waals surface area contributed by atoms with Crippen LogP contribution in [-0.2, 0) is 9.53 Å². The van der Waals surface area contributed by atoms with Crippen molar-refractivity contribution in [2.75, 3.05) is 6.61 Å². The first-order chi connectivity index (χ1) is 10.2. The number of hydrogen-bond acceptors (Lipinski definition) is 3. The van der Waals surface area contributed by atoms with Crippen LogP contribution in [0.15, 0.2) is 61.0 Å². The van der Waals surface area contributed by atoms with E-state index in [2.05, 4.69) is 18.9 Å². The maximum absolute atomic E-state index is 12.0. The number of carbonyl (C=O) groups excluding carboxylic acids is 2. The Hall–Kier alpha value is -2.58. The molecule has 1 aliphatic heterocycles. The summed E-state index contributed by atoms with van der Waals surface area (Å²) < 4.78 is 5.14. The fraction of sp³-hybridized carbons (Fsp3) is 0.235. The molecule has 0 saturated carbocycles. The van der Waals surface area contributed by atoms with E-state index in [0.29, 0.717) is 12.1 Å². The molecule has 21 heavy (non-hydrogen) atoms. The molecule has 0 bridgehead atoms. The van der Waals surface area contributed by atoms with Crippen molar-refractivity contribution in [1.82, 2.24) is 4.90 Å². The van der Waals surface area contributed by atoms with E-state index in [1.807, 2.05) is 30.3 Å². The van der Waals surface area contributed by atoms with Crippen molar-refractivity contribution in [3.8, 4) is 0 Å². The number of benzene rings is 1. The lowest BCUT2D eigenvalue weighted by Gasteiger charge is -2.23. The van der Waals surface area contributed by atoms with Gasteiger partial charge in [0.2, 0.25) is 0 Å². The number of rotatable bonds is 6. The highest BCUT2D eigenvalue weighted by Gasteiger charge is 2.36. The topological polar surface area (TPSA) is 46.6 Å². The summed E-state index contributed by atoms with van der Waals surface area (Å²) >= 11 is 0. The molecule has 1 aromatic carbocycles. The predicted molar refractivity (Wildman–Crippen MR) is 79.5 cm³/mol. The summed E-state index contributed by atoms with van der Waals surface area (Å²) in [6, 6.07) is 9.41. The fourth-order valence-corrected chi connectivity index (χ4v) is 2.28. The molecule has 2 rings (SSSR count). The number of ketones is 1. The highest BCUT2D eigenvalue weighted by molar-refractivity contribution is 5.89. The molecule has 1 saturated heterocycles. The molecule has 1 fully saturated rings. The van der Waals surface area contributed by atoms with Crippen molar-refractivity contribution >= 4 is 11.9 Å². The molecule has 1 aliphatic rings. The van der Waals surface area contributed by atoms with E-state index in [4.69, 9.17) is 4.74 Å². The number of allylic oxidation sites excluding steroid dienone is 2. The highest BCUT2D eigenvalue weighted by Crippen LogP contribution is 2.32. The van der Waals surface area contributed by atoms with Gasteiger partial charge in [0.25, 0.3) is 0 Å². The van der Waals surface area contributed by atoms with Gasteiger partial charge in [-0.2, -0.15) is 0 Å². The van der Waals surface area contributed by atoms with Crippen LogP contribution in [0.3, 0.4) is 0 Å². The molecule has 108 valence electrons. The van der Waals surface area contributed by atoms with Gasteiger partial charge in [-0.25, -0.2) is 4.79 Å². The van der Waals surface area contributed by atoms with Gasteiger partial charge in [-0.1, -0.05) is 43.5 Å². The van der Waals surface area contributed by atoms with Crippen LogP contribution in [0.5, 0.6) is 0 Å². The van der Waals surface area contributed by atoms with Crippen LogP contribution in [0, 0.1) is 0 Å². The summed E-state index contributed by atoms with van der Waals surface area (Å²) in [6.45, 7) is 7.34. The van der Waals surface area contributed by atoms with Crippen molar-refractivity contribution in [1.29, 1.82) is 0 Å². The number of nitrogens with zero attached hydrogens (tertiary/aromatic N) is 1. The maximum atomic E-state index is 12.0. The minimum absolute atomic E-state index is 0.0772. The number of carbonyl (C=O) groups is 2. The molecular formula is C17H17NO3. The fourth-order valence-electron chi connectivity index (χ4n) is 2.28. The first-order valence-electron chi connectivity index (χ1n) is 6.72. The Labute approximate surface area is 124 Å². The van der Waals surface area contributed by atoms with E-state index in [1.54, 1.807) is 0 Å². The monoisotopic (exact) mass is 283 g/mol. The molecule has 1 amide bonds. The van der Waals surface area contributed by atoms with Crippen LogP contribution in [0.25, 0.3) is 0 Å². The third kappa shape index (κ3) is 3.30. The van der Waals surface area contributed by atoms with Crippen molar-refractivity contribution in [2.24, 2.45) is 0 Å². The number of amides is 1. The van der Waals surface area contributed by atoms with E-state index in [9.17, 15) is 9.59 Å². The van der Waals surface area contributed by atoms with Crippen LogP contribution in [0.4, 0.5) is 4.79 Å². The Morgan fingerprint density at radius 2 is 2.10 bits per heavy atom. The second-order valence-corrected chi connectivity index (χ2v) is 4.67. The molecule has 0 aliphatic carbocycles. The SMILES string of the molecule is C=C=C(CCC(=O)C=C)N1C(=O)OC[C@H]1c1ccccc1. The average Bonchev–Trinajstić information content (AvgIpc) is 2.90. The first kappa shape index (κ1) is 14.8. The molecule has 0 radical (unpaired) electrons. The van der Waals surface area contributed by atoms with Crippen LogP contribution in [-0.4, -0.2) is 23.4 Å². The number of hydrogen-bond donors (Lipinski definition) is 0. The smallest absolute Gasteiger partial charge is 0.415 e. The van der Waals surface area contributed by atoms with E-state index in [-0.39, 0.29) is 24.9 Å². The largest absolute Gasteiger partial charge is 0.447 e. The quantitative estimate of drug-likeness (QED) is 0.594. The molecule has 0 aromatic heterocycles. The van der Waals surface area contributed by atoms with Gasteiger partial charge in [0.15, 0.2) is 5.78 Å². The van der Waals surface area contributed by atoms with Crippen LogP contribution < -0.4 is 0 Å². The molecule has 1 atom stereocenters. The van der Waals surface area contributed by atoms with E-state index < -0.39 is 6.09 Å². The van der Waals surface area contributed by atoms with Crippen molar-refractivity contribution < 1.29 is 14.3 Å². The standard InChI is InChI=1S/C17H17NO3/c1-3-14(10-11-15(19)4-2)18-16(12-21-17(18)20)13-8-6-5-7-9-13/h4-9,16H,1-2,10-12H2/t16-/m0/s1. The second kappa shape index (κ2) is 6.73. The molecule has 1 heterocycles. The van der Waals surface area contributed by atoms with Gasteiger partial charge >= 0.3 is 6.09 Å². The zero-order valence-electron chi connectivity index (χ0n) is 11.7. The lowest BCUT2D eigenvalue weighted by Crippen LogP contribution is -2.27. The molecular weight excluding hydrogens is 266 g/mol. The lowest BCUT2D eigenvalue weighted by molar-refractivity contribution is -0.114. The summed E-state index contributed by atoms with van der Waals surface area (Å²) in [5.41, 5.74) is 4.31. The van der Waals surface area contributed by atoms with Gasteiger partial charge in [-0.05, 0) is 11.6 Å². The Balaban J connectivity index is 2.21. The van der Waals surface area contributed by atoms with Crippen LogP contribution in [0.1, 0.15) is 24.4 Å². The summed E-state index contributed by atoms with van der Waals surface area (Å²) in [5, 5.41) is 0. The van der Waals surface area contributed by atoms with Gasteiger partial charge in [0.1, 0.15) is 6.61 Å². The highest BCUT2D eigenvalue weighted by atomic mass is 16.6. The Bertz CT molecular complexity index is 600. The van der Waals surface area contributed by atoms with Gasteiger partial charge in [0.05, 0.1) is 11.7 Å². The number of cyclic esters (lactones) is 1. The molecule has 0 spiro atoms. The third-order valence-electron chi connectivity index (χ3n) is 3.39. The molecule has 0 unspecified atom stereocenters. The molecule has 4 heteroatoms. The summed E-state index contributed by atoms with van der Waals surface area (Å²) in [6.07, 6.45) is 1.50. The molecule has 1 aromatic rings. The first-order valence-corrected chi connectivity index (χ1v) is 6.72. The van der Waals surface area contributed by atoms with Crippen molar-refractivity contribution in [3.63, 3.8) is 0 Å². The predicted octanol–water partition coefficient (Wildman–Crippen LogP) is 3.38. The third-order valence-corrected chi connectivity index (χ3v) is 3.39. The minimum atomic E-state index is -0.430. The summed E-state index contributed by atoms with van der Waals surface area (Å²) in [5.74, 6) is -0.0772. The molecule has 4 nitrogen and oxygen atoms in total. The summed E-state index contributed by atoms with van der Waals surface area (Å²) in [7, 11) is 0. The number of ether oxygens (including phenoxy) is 1. The van der Waals surface area contributed by atoms with Crippen molar-refractivity contribution in [2.45, 2.75) is 18.9 Å². The zero-order valence-corrected chi connectivity index (χ0v) is 11.7. The van der Waals surface area contributed by atoms with Gasteiger partial charge in [0, 0.05) is 12.8 Å². The van der Waals surface area contributed by atoms with E-state index in [0.717, 1.165) is 5.56 Å². The van der Waals surface area contributed by atoms with Crippen LogP contribution >= 0.6 is 0 Å². The molecule has 0 N–H and O–H groups in total. The Kier molecular flexibility index (Phi) is 4.75. The Morgan fingerprint density at radius 1 is 1.38 bits per heavy atom. The second-order valence-electron chi connectivity index (χ2n) is 4.67. The lowest BCUT2D eigenvalue weighted by atomic mass is 10.1. The normalized spacial score (nSPS) is 17.0. The summed E-state index contributed by atoms with van der Waals surface area (Å²) in [4.78, 5) is 24.9. The zero-order chi connectivity index (χ0) is 15.2. The van der Waals surface area contributed by atoms with Gasteiger partial charge in [-0.3, -0.25) is 9.69 Å². The van der Waals surface area contributed by atoms with E-state index in [1.165, 1.54) is 11.0 Å². The van der Waals surface area contributed by atoms with Gasteiger partial charge < -0.3 is 4.74 Å². The van der Waals surface area contributed by atoms with Crippen LogP contribution in [0.2, 0.25) is 0 Å². The van der Waals surface area contributed by atoms with Crippen molar-refractivity contribution in [3.05, 3.63) is 66.6 Å².